The largest absolute Gasteiger partial charge is 0.493 e. The second-order valence-electron chi connectivity index (χ2n) is 10.2. The minimum atomic E-state index is -1.26. The maximum atomic E-state index is 14.8. The highest BCUT2D eigenvalue weighted by Gasteiger charge is 2.30. The second-order valence-corrected chi connectivity index (χ2v) is 11.1. The number of allylic oxidation sites excluding steroid dienone is 2. The summed E-state index contributed by atoms with van der Waals surface area (Å²) in [6, 6.07) is 2.08. The van der Waals surface area contributed by atoms with Crippen LogP contribution in [-0.4, -0.2) is 87.1 Å². The molecule has 0 radical (unpaired) electrons. The van der Waals surface area contributed by atoms with Crippen LogP contribution < -0.4 is 25.6 Å². The molecule has 2 aliphatic heterocycles. The lowest BCUT2D eigenvalue weighted by Gasteiger charge is -2.36. The van der Waals surface area contributed by atoms with E-state index < -0.39 is 23.9 Å². The molecule has 43 heavy (non-hydrogen) atoms. The Morgan fingerprint density at radius 2 is 1.93 bits per heavy atom. The SMILES string of the molecule is C=C/C=C\OCc1nc2c3sc(=O)n(CCN4CCN(c5cc(O[C@H]6CNC[C@H]6F)c(F)cc5F)CC4)c3nc(N)n2n1. The van der Waals surface area contributed by atoms with E-state index >= 15 is 0 Å². The van der Waals surface area contributed by atoms with Gasteiger partial charge < -0.3 is 25.4 Å². The molecule has 2 aliphatic rings. The van der Waals surface area contributed by atoms with Crippen LogP contribution in [0.15, 0.2) is 41.9 Å². The first-order valence-electron chi connectivity index (χ1n) is 13.7. The topological polar surface area (TPSA) is 128 Å². The molecule has 0 spiro atoms. The van der Waals surface area contributed by atoms with Crippen LogP contribution in [0, 0.1) is 11.6 Å². The summed E-state index contributed by atoms with van der Waals surface area (Å²) in [5.74, 6) is -1.26. The number of nitrogens with two attached hydrogens (primary N) is 1. The van der Waals surface area contributed by atoms with E-state index in [1.165, 1.54) is 16.8 Å². The van der Waals surface area contributed by atoms with Gasteiger partial charge in [0.25, 0.3) is 0 Å². The van der Waals surface area contributed by atoms with Gasteiger partial charge in [-0.05, 0) is 6.08 Å². The standard InChI is InChI=1S/C27H30F3N9O3S/c1-2-3-10-41-15-22-33-25-23-24(34-26(31)39(25)35-22)38(27(40)43-23)9-6-36-4-7-37(8-5-36)19-12-20(17(29)11-16(19)28)42-21-14-32-13-18(21)30/h2-3,10-12,18,21,32H,1,4-9,13-15H2,(H2,31,34)/b10-3-/t18-,21+/m1/s1. The van der Waals surface area contributed by atoms with Gasteiger partial charge in [-0.25, -0.2) is 18.2 Å². The third-order valence-corrected chi connectivity index (χ3v) is 8.37. The molecular formula is C27H30F3N9O3S. The summed E-state index contributed by atoms with van der Waals surface area (Å²) in [5, 5.41) is 7.19. The van der Waals surface area contributed by atoms with Gasteiger partial charge in [-0.15, -0.1) is 5.10 Å². The first-order valence-corrected chi connectivity index (χ1v) is 14.6. The van der Waals surface area contributed by atoms with Gasteiger partial charge in [0.05, 0.1) is 11.9 Å². The summed E-state index contributed by atoms with van der Waals surface area (Å²) in [6.07, 6.45) is 2.61. The van der Waals surface area contributed by atoms with Gasteiger partial charge >= 0.3 is 4.87 Å². The molecule has 3 aromatic heterocycles. The van der Waals surface area contributed by atoms with Crippen LogP contribution in [0.2, 0.25) is 0 Å². The number of benzene rings is 1. The Morgan fingerprint density at radius 3 is 2.67 bits per heavy atom. The monoisotopic (exact) mass is 617 g/mol. The lowest BCUT2D eigenvalue weighted by Crippen LogP contribution is -2.47. The molecule has 2 fully saturated rings. The minimum Gasteiger partial charge on any atom is -0.493 e. The minimum absolute atomic E-state index is 0.0963. The van der Waals surface area contributed by atoms with Crippen molar-refractivity contribution in [3.05, 3.63) is 64.3 Å². The molecule has 0 aliphatic carbocycles. The Kier molecular flexibility index (Phi) is 8.23. The Bertz CT molecular complexity index is 1730. The normalized spacial score (nSPS) is 19.7. The molecule has 0 amide bonds. The number of aromatic nitrogens is 5. The van der Waals surface area contributed by atoms with E-state index in [0.717, 1.165) is 17.4 Å². The number of alkyl halides is 1. The number of anilines is 2. The number of hydrogen-bond acceptors (Lipinski definition) is 11. The molecule has 0 bridgehead atoms. The Balaban J connectivity index is 1.12. The van der Waals surface area contributed by atoms with E-state index in [1.54, 1.807) is 16.7 Å². The molecule has 5 heterocycles. The number of rotatable bonds is 10. The lowest BCUT2D eigenvalue weighted by molar-refractivity contribution is 0.134. The van der Waals surface area contributed by atoms with Crippen molar-refractivity contribution in [2.75, 3.05) is 56.4 Å². The highest BCUT2D eigenvalue weighted by atomic mass is 32.1. The van der Waals surface area contributed by atoms with Crippen molar-refractivity contribution in [2.45, 2.75) is 25.4 Å². The molecule has 2 atom stereocenters. The molecule has 1 aromatic carbocycles. The Labute approximate surface area is 247 Å². The number of thiazole rings is 1. The average molecular weight is 618 g/mol. The van der Waals surface area contributed by atoms with Gasteiger partial charge in [0.2, 0.25) is 5.95 Å². The first-order chi connectivity index (χ1) is 20.8. The fraction of sp³-hybridized carbons (Fsp3) is 0.407. The van der Waals surface area contributed by atoms with E-state index in [4.69, 9.17) is 15.2 Å². The van der Waals surface area contributed by atoms with Crippen molar-refractivity contribution in [1.82, 2.24) is 34.4 Å². The van der Waals surface area contributed by atoms with Crippen LogP contribution in [0.4, 0.5) is 24.8 Å². The van der Waals surface area contributed by atoms with E-state index in [1.807, 2.05) is 4.90 Å². The lowest BCUT2D eigenvalue weighted by atomic mass is 10.2. The number of nitrogens with zero attached hydrogens (tertiary/aromatic N) is 7. The predicted octanol–water partition coefficient (Wildman–Crippen LogP) is 2.09. The maximum Gasteiger partial charge on any atom is 0.309 e. The molecule has 3 N–H and O–H groups in total. The van der Waals surface area contributed by atoms with Gasteiger partial charge in [0, 0.05) is 64.5 Å². The maximum absolute atomic E-state index is 14.8. The van der Waals surface area contributed by atoms with Crippen molar-refractivity contribution in [1.29, 1.82) is 0 Å². The van der Waals surface area contributed by atoms with Gasteiger partial charge in [-0.1, -0.05) is 24.0 Å². The van der Waals surface area contributed by atoms with Gasteiger partial charge in [0.15, 0.2) is 34.9 Å². The zero-order valence-corrected chi connectivity index (χ0v) is 23.9. The average Bonchev–Trinajstić information content (AvgIpc) is 3.69. The van der Waals surface area contributed by atoms with Gasteiger partial charge in [-0.2, -0.15) is 9.50 Å². The quantitative estimate of drug-likeness (QED) is 0.202. The number of hydrogen-bond donors (Lipinski definition) is 2. The van der Waals surface area contributed by atoms with Crippen molar-refractivity contribution in [3.63, 3.8) is 0 Å². The number of halogens is 3. The number of nitrogen functional groups attached to an aromatic ring is 1. The second kappa shape index (κ2) is 12.2. The molecule has 16 heteroatoms. The van der Waals surface area contributed by atoms with E-state index in [2.05, 4.69) is 31.9 Å². The molecule has 0 saturated carbocycles. The molecule has 6 rings (SSSR count). The van der Waals surface area contributed by atoms with Crippen LogP contribution in [0.3, 0.4) is 0 Å². The van der Waals surface area contributed by atoms with Crippen LogP contribution >= 0.6 is 11.3 Å². The van der Waals surface area contributed by atoms with Crippen molar-refractivity contribution < 1.29 is 22.6 Å². The number of nitrogens with one attached hydrogen (secondary N) is 1. The fourth-order valence-electron chi connectivity index (χ4n) is 5.17. The highest BCUT2D eigenvalue weighted by molar-refractivity contribution is 7.17. The predicted molar refractivity (Wildman–Crippen MR) is 156 cm³/mol. The summed E-state index contributed by atoms with van der Waals surface area (Å²) in [6.45, 7) is 7.08. The van der Waals surface area contributed by atoms with E-state index in [-0.39, 0.29) is 42.0 Å². The summed E-state index contributed by atoms with van der Waals surface area (Å²) in [7, 11) is 0. The first kappa shape index (κ1) is 28.9. The van der Waals surface area contributed by atoms with Crippen LogP contribution in [0.1, 0.15) is 5.82 Å². The van der Waals surface area contributed by atoms with Crippen LogP contribution in [-0.2, 0) is 17.9 Å². The van der Waals surface area contributed by atoms with Gasteiger partial charge in [-0.3, -0.25) is 14.3 Å². The third kappa shape index (κ3) is 5.89. The molecule has 2 saturated heterocycles. The fourth-order valence-corrected chi connectivity index (χ4v) is 6.10. The van der Waals surface area contributed by atoms with Gasteiger partial charge in [0.1, 0.15) is 23.2 Å². The Hall–Kier alpha value is -4.15. The summed E-state index contributed by atoms with van der Waals surface area (Å²) >= 11 is 1.02. The number of piperazine rings is 1. The summed E-state index contributed by atoms with van der Waals surface area (Å²) in [4.78, 5) is 25.6. The molecule has 0 unspecified atom stereocenters. The molecule has 12 nitrogen and oxygen atoms in total. The van der Waals surface area contributed by atoms with E-state index in [0.29, 0.717) is 61.1 Å². The number of fused-ring (bicyclic) bond motifs is 3. The molecule has 4 aromatic rings. The van der Waals surface area contributed by atoms with Crippen LogP contribution in [0.5, 0.6) is 5.75 Å². The van der Waals surface area contributed by atoms with Crippen molar-refractivity contribution in [2.24, 2.45) is 0 Å². The van der Waals surface area contributed by atoms with Crippen molar-refractivity contribution >= 4 is 39.0 Å². The molecular weight excluding hydrogens is 587 g/mol. The van der Waals surface area contributed by atoms with Crippen molar-refractivity contribution in [3.8, 4) is 5.75 Å². The van der Waals surface area contributed by atoms with E-state index in [9.17, 15) is 18.0 Å². The smallest absolute Gasteiger partial charge is 0.309 e. The zero-order chi connectivity index (χ0) is 30.1. The number of ether oxygens (including phenoxy) is 2. The summed E-state index contributed by atoms with van der Waals surface area (Å²) in [5.41, 5.74) is 7.22. The zero-order valence-electron chi connectivity index (χ0n) is 23.1. The highest BCUT2D eigenvalue weighted by Crippen LogP contribution is 2.31. The summed E-state index contributed by atoms with van der Waals surface area (Å²) < 4.78 is 57.6. The Morgan fingerprint density at radius 1 is 1.12 bits per heavy atom. The molecule has 228 valence electrons. The third-order valence-electron chi connectivity index (χ3n) is 7.40. The van der Waals surface area contributed by atoms with Crippen LogP contribution in [0.25, 0.3) is 16.0 Å².